The number of oxazole rings is 1. The second-order valence-electron chi connectivity index (χ2n) is 5.28. The van der Waals surface area contributed by atoms with Crippen LogP contribution in [0, 0.1) is 5.82 Å². The standard InChI is InChI=1S/C17H15FN2O3/c1-20-14-10-13(7-8-15(14)23-17(20)22)19-16(21)9-4-11-2-5-12(18)6-3-11/h2-3,5-8,10H,4,9H2,1H3,(H,19,21). The summed E-state index contributed by atoms with van der Waals surface area (Å²) in [5, 5.41) is 2.78. The predicted octanol–water partition coefficient (Wildman–Crippen LogP) is 2.84. The van der Waals surface area contributed by atoms with E-state index in [2.05, 4.69) is 5.32 Å². The number of anilines is 1. The van der Waals surface area contributed by atoms with Crippen molar-refractivity contribution >= 4 is 22.7 Å². The van der Waals surface area contributed by atoms with Crippen molar-refractivity contribution in [2.75, 3.05) is 5.32 Å². The zero-order chi connectivity index (χ0) is 16.4. The highest BCUT2D eigenvalue weighted by Crippen LogP contribution is 2.18. The van der Waals surface area contributed by atoms with Crippen LogP contribution in [-0.4, -0.2) is 10.5 Å². The third kappa shape index (κ3) is 3.31. The smallest absolute Gasteiger partial charge is 0.408 e. The molecule has 3 rings (SSSR count). The van der Waals surface area contributed by atoms with Crippen LogP contribution >= 0.6 is 0 Å². The monoisotopic (exact) mass is 314 g/mol. The maximum absolute atomic E-state index is 12.8. The molecule has 0 aliphatic carbocycles. The number of carbonyl (C=O) groups excluding carboxylic acids is 1. The fourth-order valence-corrected chi connectivity index (χ4v) is 2.34. The number of benzene rings is 2. The van der Waals surface area contributed by atoms with Crippen LogP contribution in [0.2, 0.25) is 0 Å². The summed E-state index contributed by atoms with van der Waals surface area (Å²) in [6.07, 6.45) is 0.812. The number of fused-ring (bicyclic) bond motifs is 1. The van der Waals surface area contributed by atoms with Crippen molar-refractivity contribution in [1.82, 2.24) is 4.57 Å². The SMILES string of the molecule is Cn1c(=O)oc2ccc(NC(=O)CCc3ccc(F)cc3)cc21. The van der Waals surface area contributed by atoms with Crippen LogP contribution in [0.15, 0.2) is 51.7 Å². The third-order valence-electron chi connectivity index (χ3n) is 3.63. The number of aromatic nitrogens is 1. The van der Waals surface area contributed by atoms with Crippen molar-refractivity contribution < 1.29 is 13.6 Å². The highest BCUT2D eigenvalue weighted by Gasteiger charge is 2.08. The Balaban J connectivity index is 1.66. The number of hydrogen-bond acceptors (Lipinski definition) is 3. The molecule has 0 bridgehead atoms. The summed E-state index contributed by atoms with van der Waals surface area (Å²) in [5.41, 5.74) is 2.58. The lowest BCUT2D eigenvalue weighted by molar-refractivity contribution is -0.116. The number of carbonyl (C=O) groups is 1. The second kappa shape index (κ2) is 6.08. The topological polar surface area (TPSA) is 64.2 Å². The molecule has 1 aromatic heterocycles. The van der Waals surface area contributed by atoms with Crippen LogP contribution in [0.4, 0.5) is 10.1 Å². The van der Waals surface area contributed by atoms with Gasteiger partial charge in [0.1, 0.15) is 5.82 Å². The summed E-state index contributed by atoms with van der Waals surface area (Å²) in [4.78, 5) is 23.4. The Kier molecular flexibility index (Phi) is 3.97. The maximum Gasteiger partial charge on any atom is 0.419 e. The van der Waals surface area contributed by atoms with E-state index in [1.807, 2.05) is 0 Å². The molecular formula is C17H15FN2O3. The van der Waals surface area contributed by atoms with Crippen LogP contribution in [0.5, 0.6) is 0 Å². The number of hydrogen-bond donors (Lipinski definition) is 1. The van der Waals surface area contributed by atoms with Gasteiger partial charge in [0.2, 0.25) is 5.91 Å². The van der Waals surface area contributed by atoms with Crippen molar-refractivity contribution in [2.45, 2.75) is 12.8 Å². The normalized spacial score (nSPS) is 10.9. The first-order valence-corrected chi connectivity index (χ1v) is 7.17. The minimum atomic E-state index is -0.445. The molecule has 0 saturated carbocycles. The van der Waals surface area contributed by atoms with Gasteiger partial charge in [0.15, 0.2) is 5.58 Å². The first-order valence-electron chi connectivity index (χ1n) is 7.17. The van der Waals surface area contributed by atoms with Crippen LogP contribution in [0.1, 0.15) is 12.0 Å². The van der Waals surface area contributed by atoms with E-state index in [1.54, 1.807) is 37.4 Å². The first kappa shape index (κ1) is 15.0. The number of aryl methyl sites for hydroxylation is 2. The van der Waals surface area contributed by atoms with Crippen LogP contribution in [-0.2, 0) is 18.3 Å². The molecule has 118 valence electrons. The number of amides is 1. The number of rotatable bonds is 4. The second-order valence-corrected chi connectivity index (χ2v) is 5.28. The van der Waals surface area contributed by atoms with Gasteiger partial charge >= 0.3 is 5.76 Å². The number of nitrogens with zero attached hydrogens (tertiary/aromatic N) is 1. The van der Waals surface area contributed by atoms with E-state index in [1.165, 1.54) is 16.7 Å². The third-order valence-corrected chi connectivity index (χ3v) is 3.63. The Labute approximate surface area is 131 Å². The van der Waals surface area contributed by atoms with Crippen LogP contribution in [0.25, 0.3) is 11.1 Å². The minimum absolute atomic E-state index is 0.151. The van der Waals surface area contributed by atoms with Gasteiger partial charge in [0.25, 0.3) is 0 Å². The lowest BCUT2D eigenvalue weighted by Crippen LogP contribution is -2.12. The van der Waals surface area contributed by atoms with Gasteiger partial charge in [-0.05, 0) is 42.3 Å². The molecule has 0 fully saturated rings. The maximum atomic E-state index is 12.8. The summed E-state index contributed by atoms with van der Waals surface area (Å²) in [5.74, 6) is -0.890. The average molecular weight is 314 g/mol. The van der Waals surface area contributed by atoms with Crippen molar-refractivity contribution in [3.8, 4) is 0 Å². The molecule has 23 heavy (non-hydrogen) atoms. The van der Waals surface area contributed by atoms with Crippen molar-refractivity contribution in [3.63, 3.8) is 0 Å². The Hall–Kier alpha value is -2.89. The molecule has 0 atom stereocenters. The summed E-state index contributed by atoms with van der Waals surface area (Å²) < 4.78 is 19.2. The Morgan fingerprint density at radius 3 is 2.70 bits per heavy atom. The van der Waals surface area contributed by atoms with E-state index in [0.29, 0.717) is 23.2 Å². The van der Waals surface area contributed by atoms with E-state index >= 15 is 0 Å². The van der Waals surface area contributed by atoms with Gasteiger partial charge in [-0.25, -0.2) is 9.18 Å². The molecule has 1 amide bonds. The van der Waals surface area contributed by atoms with Crippen LogP contribution < -0.4 is 11.1 Å². The largest absolute Gasteiger partial charge is 0.419 e. The molecule has 2 aromatic carbocycles. The molecular weight excluding hydrogens is 299 g/mol. The van der Waals surface area contributed by atoms with E-state index in [-0.39, 0.29) is 18.1 Å². The van der Waals surface area contributed by atoms with E-state index in [4.69, 9.17) is 4.42 Å². The van der Waals surface area contributed by atoms with Gasteiger partial charge in [-0.15, -0.1) is 0 Å². The molecule has 3 aromatic rings. The van der Waals surface area contributed by atoms with Gasteiger partial charge in [0.05, 0.1) is 5.52 Å². The fraction of sp³-hybridized carbons (Fsp3) is 0.176. The summed E-state index contributed by atoms with van der Waals surface area (Å²) in [6, 6.07) is 11.1. The van der Waals surface area contributed by atoms with Crippen molar-refractivity contribution in [1.29, 1.82) is 0 Å². The summed E-state index contributed by atoms with van der Waals surface area (Å²) in [6.45, 7) is 0. The average Bonchev–Trinajstić information content (AvgIpc) is 2.82. The number of nitrogens with one attached hydrogen (secondary N) is 1. The van der Waals surface area contributed by atoms with Gasteiger partial charge in [0, 0.05) is 19.2 Å². The molecule has 0 aliphatic rings. The molecule has 0 saturated heterocycles. The molecule has 0 unspecified atom stereocenters. The highest BCUT2D eigenvalue weighted by molar-refractivity contribution is 5.92. The van der Waals surface area contributed by atoms with E-state index in [0.717, 1.165) is 5.56 Å². The van der Waals surface area contributed by atoms with Gasteiger partial charge in [-0.2, -0.15) is 0 Å². The molecule has 1 N–H and O–H groups in total. The van der Waals surface area contributed by atoms with E-state index < -0.39 is 5.76 Å². The van der Waals surface area contributed by atoms with Gasteiger partial charge < -0.3 is 9.73 Å². The molecule has 5 nitrogen and oxygen atoms in total. The highest BCUT2D eigenvalue weighted by atomic mass is 19.1. The fourth-order valence-electron chi connectivity index (χ4n) is 2.34. The summed E-state index contributed by atoms with van der Waals surface area (Å²) in [7, 11) is 1.61. The van der Waals surface area contributed by atoms with Crippen molar-refractivity contribution in [2.24, 2.45) is 7.05 Å². The molecule has 0 aliphatic heterocycles. The Morgan fingerprint density at radius 2 is 1.96 bits per heavy atom. The molecule has 0 radical (unpaired) electrons. The lowest BCUT2D eigenvalue weighted by Gasteiger charge is -2.06. The summed E-state index contributed by atoms with van der Waals surface area (Å²) >= 11 is 0. The predicted molar refractivity (Wildman–Crippen MR) is 84.8 cm³/mol. The minimum Gasteiger partial charge on any atom is -0.408 e. The van der Waals surface area contributed by atoms with Crippen molar-refractivity contribution in [3.05, 3.63) is 64.4 Å². The quantitative estimate of drug-likeness (QED) is 0.805. The molecule has 1 heterocycles. The molecule has 0 spiro atoms. The van der Waals surface area contributed by atoms with Gasteiger partial charge in [-0.3, -0.25) is 9.36 Å². The first-order chi connectivity index (χ1) is 11.0. The molecule has 6 heteroatoms. The Bertz CT molecular complexity index is 910. The van der Waals surface area contributed by atoms with Gasteiger partial charge in [-0.1, -0.05) is 12.1 Å². The Morgan fingerprint density at radius 1 is 1.22 bits per heavy atom. The van der Waals surface area contributed by atoms with E-state index in [9.17, 15) is 14.0 Å². The zero-order valence-electron chi connectivity index (χ0n) is 12.5. The zero-order valence-corrected chi connectivity index (χ0v) is 12.5. The lowest BCUT2D eigenvalue weighted by atomic mass is 10.1. The van der Waals surface area contributed by atoms with Crippen LogP contribution in [0.3, 0.4) is 0 Å². The number of halogens is 1.